The second kappa shape index (κ2) is 7.99. The summed E-state index contributed by atoms with van der Waals surface area (Å²) in [5, 5.41) is 9.67. The average Bonchev–Trinajstić information content (AvgIpc) is 3.27. The van der Waals surface area contributed by atoms with Gasteiger partial charge >= 0.3 is 11.6 Å². The number of aromatic carboxylic acids is 1. The Hall–Kier alpha value is -3.67. The first-order valence-corrected chi connectivity index (χ1v) is 9.81. The third kappa shape index (κ3) is 3.89. The summed E-state index contributed by atoms with van der Waals surface area (Å²) in [6, 6.07) is 13.4. The minimum absolute atomic E-state index is 0.0210. The van der Waals surface area contributed by atoms with E-state index in [1.807, 2.05) is 18.2 Å². The van der Waals surface area contributed by atoms with Crippen LogP contribution in [0.3, 0.4) is 0 Å². The highest BCUT2D eigenvalue weighted by atomic mass is 16.4. The van der Waals surface area contributed by atoms with Gasteiger partial charge in [0.05, 0.1) is 5.56 Å². The Morgan fingerprint density at radius 1 is 1.03 bits per heavy atom. The number of fused-ring (bicyclic) bond motifs is 1. The molecule has 1 aliphatic heterocycles. The van der Waals surface area contributed by atoms with Gasteiger partial charge in [-0.15, -0.1) is 0 Å². The third-order valence-electron chi connectivity index (χ3n) is 5.33. The molecule has 0 radical (unpaired) electrons. The number of ketones is 1. The Morgan fingerprint density at radius 3 is 2.40 bits per heavy atom. The van der Waals surface area contributed by atoms with E-state index in [4.69, 9.17) is 9.52 Å². The molecule has 1 aliphatic rings. The highest BCUT2D eigenvalue weighted by Gasteiger charge is 2.17. The van der Waals surface area contributed by atoms with E-state index >= 15 is 0 Å². The first-order valence-electron chi connectivity index (χ1n) is 9.81. The lowest BCUT2D eigenvalue weighted by molar-refractivity contribution is 0.0696. The molecule has 0 saturated carbocycles. The van der Waals surface area contributed by atoms with Crippen LogP contribution in [-0.4, -0.2) is 29.9 Å². The van der Waals surface area contributed by atoms with E-state index < -0.39 is 17.4 Å². The lowest BCUT2D eigenvalue weighted by Gasteiger charge is -2.17. The monoisotopic (exact) mass is 403 g/mol. The van der Waals surface area contributed by atoms with Crippen molar-refractivity contribution >= 4 is 34.5 Å². The van der Waals surface area contributed by atoms with Crippen LogP contribution >= 0.6 is 0 Å². The van der Waals surface area contributed by atoms with E-state index in [0.717, 1.165) is 31.6 Å². The summed E-state index contributed by atoms with van der Waals surface area (Å²) < 4.78 is 5.46. The zero-order valence-electron chi connectivity index (χ0n) is 16.6. The molecule has 1 fully saturated rings. The standard InChI is InChI=1S/C24H21NO5/c1-15(12-16-4-6-17(7-5-16)23(27)28)22(26)20-13-18-8-9-19(25-10-2-3-11-25)14-21(18)30-24(20)29/h4-9,12-14H,2-3,10-11H2,1H3,(H,27,28)/b15-12+. The van der Waals surface area contributed by atoms with E-state index in [9.17, 15) is 14.4 Å². The van der Waals surface area contributed by atoms with Crippen LogP contribution in [0.5, 0.6) is 0 Å². The summed E-state index contributed by atoms with van der Waals surface area (Å²) in [7, 11) is 0. The van der Waals surface area contributed by atoms with Crippen LogP contribution in [0.15, 0.2) is 63.3 Å². The second-order valence-corrected chi connectivity index (χ2v) is 7.45. The molecule has 0 aliphatic carbocycles. The number of anilines is 1. The Balaban J connectivity index is 1.63. The maximum Gasteiger partial charge on any atom is 0.347 e. The predicted molar refractivity (Wildman–Crippen MR) is 115 cm³/mol. The van der Waals surface area contributed by atoms with Crippen molar-refractivity contribution in [1.29, 1.82) is 0 Å². The molecular formula is C24H21NO5. The van der Waals surface area contributed by atoms with Crippen molar-refractivity contribution in [2.24, 2.45) is 0 Å². The predicted octanol–water partition coefficient (Wildman–Crippen LogP) is 4.38. The van der Waals surface area contributed by atoms with Crippen molar-refractivity contribution in [1.82, 2.24) is 0 Å². The molecule has 30 heavy (non-hydrogen) atoms. The van der Waals surface area contributed by atoms with Gasteiger partial charge in [-0.3, -0.25) is 4.79 Å². The SMILES string of the molecule is C/C(=C\c1ccc(C(=O)O)cc1)C(=O)c1cc2ccc(N3CCCC3)cc2oc1=O. The minimum Gasteiger partial charge on any atom is -0.478 e. The highest BCUT2D eigenvalue weighted by Crippen LogP contribution is 2.25. The van der Waals surface area contributed by atoms with Gasteiger partial charge in [-0.2, -0.15) is 0 Å². The quantitative estimate of drug-likeness (QED) is 0.386. The van der Waals surface area contributed by atoms with Gasteiger partial charge < -0.3 is 14.4 Å². The van der Waals surface area contributed by atoms with Crippen LogP contribution in [0.4, 0.5) is 5.69 Å². The molecule has 1 N–H and O–H groups in total. The van der Waals surface area contributed by atoms with Crippen molar-refractivity contribution in [3.63, 3.8) is 0 Å². The molecule has 2 heterocycles. The minimum atomic E-state index is -1.01. The summed E-state index contributed by atoms with van der Waals surface area (Å²) in [6.07, 6.45) is 3.92. The number of hydrogen-bond acceptors (Lipinski definition) is 5. The molecule has 6 nitrogen and oxygen atoms in total. The van der Waals surface area contributed by atoms with Crippen molar-refractivity contribution in [3.05, 3.63) is 81.2 Å². The lowest BCUT2D eigenvalue weighted by atomic mass is 10.0. The first-order chi connectivity index (χ1) is 14.4. The molecule has 0 amide bonds. The van der Waals surface area contributed by atoms with Gasteiger partial charge in [-0.1, -0.05) is 12.1 Å². The average molecular weight is 403 g/mol. The number of carbonyl (C=O) groups excluding carboxylic acids is 1. The van der Waals surface area contributed by atoms with Crippen molar-refractivity contribution in [3.8, 4) is 0 Å². The van der Waals surface area contributed by atoms with Crippen LogP contribution < -0.4 is 10.5 Å². The number of carboxylic acid groups (broad SMARTS) is 1. The number of rotatable bonds is 5. The van der Waals surface area contributed by atoms with Gasteiger partial charge in [0, 0.05) is 30.2 Å². The number of benzene rings is 2. The van der Waals surface area contributed by atoms with Crippen molar-refractivity contribution < 1.29 is 19.1 Å². The van der Waals surface area contributed by atoms with Crippen LogP contribution in [0.2, 0.25) is 0 Å². The Labute approximate surface area is 173 Å². The van der Waals surface area contributed by atoms with E-state index in [0.29, 0.717) is 22.1 Å². The zero-order valence-corrected chi connectivity index (χ0v) is 16.6. The first kappa shape index (κ1) is 19.6. The smallest absolute Gasteiger partial charge is 0.347 e. The molecule has 1 aromatic heterocycles. The Morgan fingerprint density at radius 2 is 1.73 bits per heavy atom. The molecule has 0 bridgehead atoms. The highest BCUT2D eigenvalue weighted by molar-refractivity contribution is 6.11. The normalized spacial score (nSPS) is 14.3. The number of allylic oxidation sites excluding steroid dienone is 1. The number of carbonyl (C=O) groups is 2. The fourth-order valence-corrected chi connectivity index (χ4v) is 3.68. The maximum absolute atomic E-state index is 12.8. The van der Waals surface area contributed by atoms with Gasteiger partial charge in [0.25, 0.3) is 0 Å². The molecule has 2 aromatic carbocycles. The van der Waals surface area contributed by atoms with Gasteiger partial charge in [0.15, 0.2) is 5.78 Å². The summed E-state index contributed by atoms with van der Waals surface area (Å²) in [5.74, 6) is -1.43. The second-order valence-electron chi connectivity index (χ2n) is 7.45. The Bertz CT molecular complexity index is 1210. The van der Waals surface area contributed by atoms with E-state index in [1.165, 1.54) is 12.1 Å². The number of hydrogen-bond donors (Lipinski definition) is 1. The Kier molecular flexibility index (Phi) is 5.23. The van der Waals surface area contributed by atoms with Crippen LogP contribution in [-0.2, 0) is 0 Å². The fourth-order valence-electron chi connectivity index (χ4n) is 3.68. The number of nitrogens with zero attached hydrogens (tertiary/aromatic N) is 1. The molecule has 1 saturated heterocycles. The van der Waals surface area contributed by atoms with Crippen LogP contribution in [0.1, 0.15) is 46.0 Å². The molecule has 3 aromatic rings. The zero-order chi connectivity index (χ0) is 21.3. The van der Waals surface area contributed by atoms with E-state index in [1.54, 1.807) is 31.2 Å². The number of Topliss-reactive ketones (excluding diaryl/α,β-unsaturated/α-hetero) is 1. The molecule has 4 rings (SSSR count). The topological polar surface area (TPSA) is 87.8 Å². The molecule has 0 spiro atoms. The van der Waals surface area contributed by atoms with Crippen LogP contribution in [0, 0.1) is 0 Å². The lowest BCUT2D eigenvalue weighted by Crippen LogP contribution is -2.18. The molecule has 0 unspecified atom stereocenters. The molecule has 6 heteroatoms. The number of carboxylic acids is 1. The fraction of sp³-hybridized carbons (Fsp3) is 0.208. The summed E-state index contributed by atoms with van der Waals surface area (Å²) in [5.41, 5.74) is 1.99. The van der Waals surface area contributed by atoms with Crippen molar-refractivity contribution in [2.45, 2.75) is 19.8 Å². The van der Waals surface area contributed by atoms with Gasteiger partial charge in [0.1, 0.15) is 11.1 Å². The van der Waals surface area contributed by atoms with Gasteiger partial charge in [-0.25, -0.2) is 9.59 Å². The van der Waals surface area contributed by atoms with E-state index in [2.05, 4.69) is 4.90 Å². The largest absolute Gasteiger partial charge is 0.478 e. The summed E-state index contributed by atoms with van der Waals surface area (Å²) in [6.45, 7) is 3.60. The van der Waals surface area contributed by atoms with Crippen LogP contribution in [0.25, 0.3) is 17.0 Å². The van der Waals surface area contributed by atoms with Gasteiger partial charge in [-0.05, 0) is 67.3 Å². The summed E-state index contributed by atoms with van der Waals surface area (Å²) in [4.78, 5) is 38.5. The van der Waals surface area contributed by atoms with Gasteiger partial charge in [0.2, 0.25) is 0 Å². The molecular weight excluding hydrogens is 382 g/mol. The maximum atomic E-state index is 12.8. The summed E-state index contributed by atoms with van der Waals surface area (Å²) >= 11 is 0. The van der Waals surface area contributed by atoms with E-state index in [-0.39, 0.29) is 11.1 Å². The van der Waals surface area contributed by atoms with Crippen molar-refractivity contribution in [2.75, 3.05) is 18.0 Å². The third-order valence-corrected chi connectivity index (χ3v) is 5.33. The molecule has 0 atom stereocenters. The molecule has 152 valence electrons.